The summed E-state index contributed by atoms with van der Waals surface area (Å²) in [6.07, 6.45) is 5.46. The van der Waals surface area contributed by atoms with E-state index in [9.17, 15) is 0 Å². The van der Waals surface area contributed by atoms with E-state index in [0.29, 0.717) is 6.54 Å². The molecule has 0 aliphatic carbocycles. The van der Waals surface area contributed by atoms with Crippen molar-refractivity contribution >= 4 is 11.3 Å². The van der Waals surface area contributed by atoms with E-state index >= 15 is 0 Å². The molecular weight excluding hydrogens is 246 g/mol. The van der Waals surface area contributed by atoms with Crippen LogP contribution in [0.15, 0.2) is 36.2 Å². The van der Waals surface area contributed by atoms with Gasteiger partial charge in [0.25, 0.3) is 0 Å². The van der Waals surface area contributed by atoms with Crippen LogP contribution in [0, 0.1) is 6.92 Å². The maximum absolute atomic E-state index is 4.22. The van der Waals surface area contributed by atoms with Gasteiger partial charge in [0.1, 0.15) is 5.69 Å². The lowest BCUT2D eigenvalue weighted by Gasteiger charge is -1.97. The van der Waals surface area contributed by atoms with Crippen LogP contribution in [0.4, 0.5) is 0 Å². The minimum atomic E-state index is 0.712. The lowest BCUT2D eigenvalue weighted by Crippen LogP contribution is -1.99. The van der Waals surface area contributed by atoms with Crippen LogP contribution in [-0.4, -0.2) is 25.0 Å². The summed E-state index contributed by atoms with van der Waals surface area (Å²) in [5.41, 5.74) is 4.72. The average Bonchev–Trinajstić information content (AvgIpc) is 3.02. The highest BCUT2D eigenvalue weighted by Crippen LogP contribution is 2.16. The van der Waals surface area contributed by atoms with Crippen LogP contribution in [0.3, 0.4) is 0 Å². The van der Waals surface area contributed by atoms with E-state index in [4.69, 9.17) is 0 Å². The smallest absolute Gasteiger partial charge is 0.114 e. The fraction of sp³-hybridized carbons (Fsp3) is 0.167. The molecule has 3 aromatic rings. The lowest BCUT2D eigenvalue weighted by molar-refractivity contribution is 0.653. The molecule has 3 heterocycles. The van der Waals surface area contributed by atoms with Crippen LogP contribution >= 0.6 is 11.3 Å². The first-order valence-electron chi connectivity index (χ1n) is 5.52. The molecule has 0 atom stereocenters. The molecule has 0 aliphatic heterocycles. The SMILES string of the molecule is Cc1ncsc1Cn1cc(-c2cccnc2)nn1. The van der Waals surface area contributed by atoms with Crippen molar-refractivity contribution in [3.05, 3.63) is 46.8 Å². The Kier molecular flexibility index (Phi) is 2.85. The molecule has 6 heteroatoms. The van der Waals surface area contributed by atoms with Crippen molar-refractivity contribution in [2.75, 3.05) is 0 Å². The molecule has 0 radical (unpaired) electrons. The molecule has 90 valence electrons. The Morgan fingerprint density at radius 3 is 3.06 bits per heavy atom. The maximum atomic E-state index is 4.22. The summed E-state index contributed by atoms with van der Waals surface area (Å²) in [7, 11) is 0. The highest BCUT2D eigenvalue weighted by atomic mass is 32.1. The molecule has 3 aromatic heterocycles. The molecule has 0 aromatic carbocycles. The molecule has 0 saturated carbocycles. The topological polar surface area (TPSA) is 56.5 Å². The summed E-state index contributed by atoms with van der Waals surface area (Å²) in [4.78, 5) is 9.51. The summed E-state index contributed by atoms with van der Waals surface area (Å²) < 4.78 is 1.82. The van der Waals surface area contributed by atoms with Crippen molar-refractivity contribution in [1.82, 2.24) is 25.0 Å². The van der Waals surface area contributed by atoms with Gasteiger partial charge in [0.05, 0.1) is 23.9 Å². The normalized spacial score (nSPS) is 10.7. The molecule has 0 unspecified atom stereocenters. The number of hydrogen-bond acceptors (Lipinski definition) is 5. The summed E-state index contributed by atoms with van der Waals surface area (Å²) >= 11 is 1.64. The predicted molar refractivity (Wildman–Crippen MR) is 69.2 cm³/mol. The number of thiazole rings is 1. The fourth-order valence-electron chi connectivity index (χ4n) is 1.65. The van der Waals surface area contributed by atoms with Crippen LogP contribution in [0.2, 0.25) is 0 Å². The second-order valence-electron chi connectivity index (χ2n) is 3.90. The van der Waals surface area contributed by atoms with Crippen molar-refractivity contribution in [2.24, 2.45) is 0 Å². The summed E-state index contributed by atoms with van der Waals surface area (Å²) in [5, 5.41) is 8.28. The molecule has 0 saturated heterocycles. The van der Waals surface area contributed by atoms with Crippen LogP contribution in [-0.2, 0) is 6.54 Å². The van der Waals surface area contributed by atoms with Gasteiger partial charge in [-0.3, -0.25) is 4.98 Å². The lowest BCUT2D eigenvalue weighted by atomic mass is 10.2. The third-order valence-corrected chi connectivity index (χ3v) is 3.57. The Bertz CT molecular complexity index is 643. The van der Waals surface area contributed by atoms with Crippen molar-refractivity contribution in [1.29, 1.82) is 0 Å². The van der Waals surface area contributed by atoms with Crippen LogP contribution in [0.25, 0.3) is 11.3 Å². The molecule has 5 nitrogen and oxygen atoms in total. The van der Waals surface area contributed by atoms with E-state index in [1.807, 2.05) is 35.4 Å². The summed E-state index contributed by atoms with van der Waals surface area (Å²) in [6.45, 7) is 2.72. The van der Waals surface area contributed by atoms with Gasteiger partial charge in [-0.25, -0.2) is 9.67 Å². The number of rotatable bonds is 3. The molecule has 0 N–H and O–H groups in total. The minimum absolute atomic E-state index is 0.712. The van der Waals surface area contributed by atoms with Crippen LogP contribution in [0.5, 0.6) is 0 Å². The minimum Gasteiger partial charge on any atom is -0.264 e. The van der Waals surface area contributed by atoms with Gasteiger partial charge in [-0.05, 0) is 19.1 Å². The van der Waals surface area contributed by atoms with Crippen LogP contribution in [0.1, 0.15) is 10.6 Å². The number of aromatic nitrogens is 5. The summed E-state index contributed by atoms with van der Waals surface area (Å²) in [6, 6.07) is 3.86. The van der Waals surface area contributed by atoms with E-state index < -0.39 is 0 Å². The van der Waals surface area contributed by atoms with E-state index in [2.05, 4.69) is 20.3 Å². The Morgan fingerprint density at radius 2 is 2.33 bits per heavy atom. The van der Waals surface area contributed by atoms with Gasteiger partial charge >= 0.3 is 0 Å². The number of hydrogen-bond donors (Lipinski definition) is 0. The quantitative estimate of drug-likeness (QED) is 0.721. The zero-order chi connectivity index (χ0) is 12.4. The molecular formula is C12H11N5S. The second-order valence-corrected chi connectivity index (χ2v) is 4.84. The highest BCUT2D eigenvalue weighted by Gasteiger charge is 2.06. The third-order valence-electron chi connectivity index (χ3n) is 2.65. The standard InChI is InChI=1S/C12H11N5S/c1-9-12(18-8-14-9)7-17-6-11(15-16-17)10-3-2-4-13-5-10/h2-6,8H,7H2,1H3. The third kappa shape index (κ3) is 2.14. The number of pyridine rings is 1. The van der Waals surface area contributed by atoms with Gasteiger partial charge in [-0.15, -0.1) is 16.4 Å². The number of nitrogens with zero attached hydrogens (tertiary/aromatic N) is 5. The van der Waals surface area contributed by atoms with Crippen molar-refractivity contribution in [3.8, 4) is 11.3 Å². The van der Waals surface area contributed by atoms with Crippen molar-refractivity contribution in [3.63, 3.8) is 0 Å². The van der Waals surface area contributed by atoms with Gasteiger partial charge in [-0.1, -0.05) is 5.21 Å². The molecule has 0 bridgehead atoms. The molecule has 0 fully saturated rings. The highest BCUT2D eigenvalue weighted by molar-refractivity contribution is 7.09. The fourth-order valence-corrected chi connectivity index (χ4v) is 2.42. The Balaban J connectivity index is 1.84. The van der Waals surface area contributed by atoms with Crippen molar-refractivity contribution in [2.45, 2.75) is 13.5 Å². The van der Waals surface area contributed by atoms with Crippen molar-refractivity contribution < 1.29 is 0 Å². The largest absolute Gasteiger partial charge is 0.264 e. The first-order valence-corrected chi connectivity index (χ1v) is 6.40. The van der Waals surface area contributed by atoms with Gasteiger partial charge in [0.2, 0.25) is 0 Å². The molecule has 0 spiro atoms. The first-order chi connectivity index (χ1) is 8.83. The Labute approximate surface area is 108 Å². The first kappa shape index (κ1) is 11.0. The molecule has 3 rings (SSSR count). The van der Waals surface area contributed by atoms with Gasteiger partial charge in [0, 0.05) is 22.8 Å². The van der Waals surface area contributed by atoms with Gasteiger partial charge in [-0.2, -0.15) is 0 Å². The Hall–Kier alpha value is -2.08. The van der Waals surface area contributed by atoms with Gasteiger partial charge in [0.15, 0.2) is 0 Å². The second kappa shape index (κ2) is 4.66. The predicted octanol–water partition coefficient (Wildman–Crippen LogP) is 2.15. The van der Waals surface area contributed by atoms with Crippen LogP contribution < -0.4 is 0 Å². The zero-order valence-corrected chi connectivity index (χ0v) is 10.6. The Morgan fingerprint density at radius 1 is 1.39 bits per heavy atom. The summed E-state index contributed by atoms with van der Waals surface area (Å²) in [5.74, 6) is 0. The van der Waals surface area contributed by atoms with E-state index in [1.54, 1.807) is 23.7 Å². The number of aryl methyl sites for hydroxylation is 1. The molecule has 18 heavy (non-hydrogen) atoms. The maximum Gasteiger partial charge on any atom is 0.114 e. The van der Waals surface area contributed by atoms with E-state index in [-0.39, 0.29) is 0 Å². The molecule has 0 aliphatic rings. The van der Waals surface area contributed by atoms with Gasteiger partial charge < -0.3 is 0 Å². The van der Waals surface area contributed by atoms with E-state index in [1.165, 1.54) is 4.88 Å². The molecule has 0 amide bonds. The monoisotopic (exact) mass is 257 g/mol. The van der Waals surface area contributed by atoms with E-state index in [0.717, 1.165) is 17.0 Å². The zero-order valence-electron chi connectivity index (χ0n) is 9.82. The average molecular weight is 257 g/mol.